The van der Waals surface area contributed by atoms with E-state index in [0.29, 0.717) is 18.8 Å². The van der Waals surface area contributed by atoms with Gasteiger partial charge >= 0.3 is 6.18 Å². The predicted molar refractivity (Wildman–Crippen MR) is 80.0 cm³/mol. The van der Waals surface area contributed by atoms with E-state index in [4.69, 9.17) is 0 Å². The molecule has 1 aliphatic carbocycles. The molecule has 1 N–H and O–H groups in total. The lowest BCUT2D eigenvalue weighted by atomic mass is 9.85. The summed E-state index contributed by atoms with van der Waals surface area (Å²) in [5, 5.41) is 11.2. The molecular weight excluding hydrogens is 305 g/mol. The second-order valence-electron chi connectivity index (χ2n) is 5.94. The van der Waals surface area contributed by atoms with E-state index in [1.54, 1.807) is 6.33 Å². The molecule has 0 aliphatic heterocycles. The van der Waals surface area contributed by atoms with Crippen LogP contribution in [0.3, 0.4) is 0 Å². The third-order valence-corrected chi connectivity index (χ3v) is 4.34. The van der Waals surface area contributed by atoms with Crippen LogP contribution in [-0.2, 0) is 6.54 Å². The van der Waals surface area contributed by atoms with E-state index in [1.807, 2.05) is 34.9 Å². The summed E-state index contributed by atoms with van der Waals surface area (Å²) in [4.78, 5) is 0. The van der Waals surface area contributed by atoms with Crippen molar-refractivity contribution in [3.63, 3.8) is 0 Å². The van der Waals surface area contributed by atoms with Crippen molar-refractivity contribution in [3.05, 3.63) is 42.5 Å². The van der Waals surface area contributed by atoms with E-state index in [2.05, 4.69) is 15.5 Å². The molecule has 0 saturated heterocycles. The lowest BCUT2D eigenvalue weighted by molar-refractivity contribution is -0.183. The molecule has 1 saturated carbocycles. The minimum Gasteiger partial charge on any atom is -0.307 e. The zero-order valence-corrected chi connectivity index (χ0v) is 12.6. The fraction of sp³-hybridized carbons (Fsp3) is 0.500. The molecule has 0 bridgehead atoms. The van der Waals surface area contributed by atoms with E-state index in [9.17, 15) is 13.2 Å². The molecule has 0 spiro atoms. The van der Waals surface area contributed by atoms with Crippen LogP contribution in [0, 0.1) is 5.92 Å². The number of hydrogen-bond acceptors (Lipinski definition) is 3. The topological polar surface area (TPSA) is 42.7 Å². The average molecular weight is 324 g/mol. The summed E-state index contributed by atoms with van der Waals surface area (Å²) >= 11 is 0. The summed E-state index contributed by atoms with van der Waals surface area (Å²) in [5.41, 5.74) is 0.936. The number of alkyl halides is 3. The van der Waals surface area contributed by atoms with Crippen LogP contribution in [0.15, 0.2) is 36.7 Å². The zero-order chi connectivity index (χ0) is 16.3. The molecule has 2 atom stereocenters. The molecule has 1 heterocycles. The largest absolute Gasteiger partial charge is 0.391 e. The van der Waals surface area contributed by atoms with Crippen molar-refractivity contribution in [2.45, 2.75) is 44.4 Å². The van der Waals surface area contributed by atoms with Crippen molar-refractivity contribution in [1.82, 2.24) is 20.1 Å². The molecule has 124 valence electrons. The fourth-order valence-electron chi connectivity index (χ4n) is 3.09. The van der Waals surface area contributed by atoms with Crippen molar-refractivity contribution >= 4 is 0 Å². The van der Waals surface area contributed by atoms with E-state index < -0.39 is 12.1 Å². The van der Waals surface area contributed by atoms with Gasteiger partial charge in [-0.15, -0.1) is 10.2 Å². The third kappa shape index (κ3) is 3.90. The number of hydrogen-bond donors (Lipinski definition) is 1. The molecule has 2 aromatic rings. The van der Waals surface area contributed by atoms with Gasteiger partial charge in [0.15, 0.2) is 5.82 Å². The number of halogens is 3. The number of rotatable bonds is 4. The van der Waals surface area contributed by atoms with Gasteiger partial charge in [-0.05, 0) is 31.4 Å². The van der Waals surface area contributed by atoms with Crippen LogP contribution < -0.4 is 5.32 Å². The van der Waals surface area contributed by atoms with Crippen LogP contribution in [0.4, 0.5) is 13.2 Å². The van der Waals surface area contributed by atoms with Crippen molar-refractivity contribution in [2.75, 3.05) is 0 Å². The lowest BCUT2D eigenvalue weighted by Gasteiger charge is -2.31. The van der Waals surface area contributed by atoms with E-state index in [0.717, 1.165) is 12.1 Å². The Morgan fingerprint density at radius 3 is 2.70 bits per heavy atom. The fourth-order valence-corrected chi connectivity index (χ4v) is 3.09. The van der Waals surface area contributed by atoms with Gasteiger partial charge < -0.3 is 5.32 Å². The van der Waals surface area contributed by atoms with Gasteiger partial charge in [0.05, 0.1) is 12.5 Å². The Morgan fingerprint density at radius 1 is 1.17 bits per heavy atom. The molecule has 1 fully saturated rings. The number of para-hydroxylation sites is 1. The van der Waals surface area contributed by atoms with Gasteiger partial charge in [-0.1, -0.05) is 24.6 Å². The molecule has 0 radical (unpaired) electrons. The maximum absolute atomic E-state index is 12.9. The van der Waals surface area contributed by atoms with Crippen molar-refractivity contribution in [1.29, 1.82) is 0 Å². The molecule has 0 unspecified atom stereocenters. The molecule has 0 amide bonds. The maximum Gasteiger partial charge on any atom is 0.391 e. The Kier molecular flexibility index (Phi) is 4.66. The van der Waals surface area contributed by atoms with Crippen LogP contribution in [0.25, 0.3) is 5.69 Å². The van der Waals surface area contributed by atoms with Gasteiger partial charge in [-0.3, -0.25) is 4.57 Å². The summed E-state index contributed by atoms with van der Waals surface area (Å²) in [6.07, 6.45) is -0.722. The average Bonchev–Trinajstić information content (AvgIpc) is 3.02. The highest BCUT2D eigenvalue weighted by atomic mass is 19.4. The minimum absolute atomic E-state index is 0.128. The number of benzene rings is 1. The molecule has 1 aliphatic rings. The Hall–Kier alpha value is -1.89. The highest BCUT2D eigenvalue weighted by Gasteiger charge is 2.42. The van der Waals surface area contributed by atoms with E-state index in [-0.39, 0.29) is 18.9 Å². The highest BCUT2D eigenvalue weighted by Crippen LogP contribution is 2.37. The zero-order valence-electron chi connectivity index (χ0n) is 12.6. The highest BCUT2D eigenvalue weighted by molar-refractivity contribution is 5.31. The molecular formula is C16H19F3N4. The maximum atomic E-state index is 12.9. The molecule has 1 aromatic heterocycles. The quantitative estimate of drug-likeness (QED) is 0.936. The Balaban J connectivity index is 1.62. The lowest BCUT2D eigenvalue weighted by Crippen LogP contribution is -2.38. The normalized spacial score (nSPS) is 22.2. The van der Waals surface area contributed by atoms with Crippen LogP contribution in [0.1, 0.15) is 31.5 Å². The second kappa shape index (κ2) is 6.70. The Labute approximate surface area is 132 Å². The van der Waals surface area contributed by atoms with Crippen molar-refractivity contribution < 1.29 is 13.2 Å². The van der Waals surface area contributed by atoms with Gasteiger partial charge in [0.25, 0.3) is 0 Å². The van der Waals surface area contributed by atoms with E-state index in [1.165, 1.54) is 0 Å². The van der Waals surface area contributed by atoms with Gasteiger partial charge in [0, 0.05) is 11.7 Å². The van der Waals surface area contributed by atoms with Crippen LogP contribution >= 0.6 is 0 Å². The second-order valence-corrected chi connectivity index (χ2v) is 5.94. The molecule has 1 aromatic carbocycles. The van der Waals surface area contributed by atoms with Crippen molar-refractivity contribution in [2.24, 2.45) is 5.92 Å². The molecule has 23 heavy (non-hydrogen) atoms. The summed E-state index contributed by atoms with van der Waals surface area (Å²) in [5.74, 6) is -0.494. The summed E-state index contributed by atoms with van der Waals surface area (Å²) in [6.45, 7) is 0.407. The Morgan fingerprint density at radius 2 is 1.96 bits per heavy atom. The first-order valence-corrected chi connectivity index (χ1v) is 7.78. The first kappa shape index (κ1) is 16.0. The summed E-state index contributed by atoms with van der Waals surface area (Å²) < 4.78 is 40.4. The van der Waals surface area contributed by atoms with Crippen LogP contribution in [-0.4, -0.2) is 27.0 Å². The molecule has 7 heteroatoms. The standard InChI is InChI=1S/C16H19F3N4/c17-16(18,19)12-5-4-6-13(9-12)20-10-15-22-21-11-23(15)14-7-2-1-3-8-14/h1-3,7-8,11-13,20H,4-6,9-10H2/t12-,13+/m1/s1. The predicted octanol–water partition coefficient (Wildman–Crippen LogP) is 3.48. The monoisotopic (exact) mass is 324 g/mol. The molecule has 4 nitrogen and oxygen atoms in total. The first-order valence-electron chi connectivity index (χ1n) is 7.78. The Bertz CT molecular complexity index is 624. The van der Waals surface area contributed by atoms with Gasteiger partial charge in [0.1, 0.15) is 6.33 Å². The van der Waals surface area contributed by atoms with Crippen LogP contribution in [0.2, 0.25) is 0 Å². The SMILES string of the molecule is FC(F)(F)[C@@H]1CCC[C@H](NCc2nncn2-c2ccccc2)C1. The number of nitrogens with zero attached hydrogens (tertiary/aromatic N) is 3. The minimum atomic E-state index is -4.09. The van der Waals surface area contributed by atoms with Crippen molar-refractivity contribution in [3.8, 4) is 5.69 Å². The third-order valence-electron chi connectivity index (χ3n) is 4.34. The van der Waals surface area contributed by atoms with Gasteiger partial charge in [-0.25, -0.2) is 0 Å². The molecule has 3 rings (SSSR count). The smallest absolute Gasteiger partial charge is 0.307 e. The summed E-state index contributed by atoms with van der Waals surface area (Å²) in [7, 11) is 0. The van der Waals surface area contributed by atoms with E-state index >= 15 is 0 Å². The number of aromatic nitrogens is 3. The number of nitrogens with one attached hydrogen (secondary N) is 1. The summed E-state index contributed by atoms with van der Waals surface area (Å²) in [6, 6.07) is 9.51. The van der Waals surface area contributed by atoms with Crippen LogP contribution in [0.5, 0.6) is 0 Å². The first-order chi connectivity index (χ1) is 11.0. The van der Waals surface area contributed by atoms with Gasteiger partial charge in [-0.2, -0.15) is 13.2 Å². The van der Waals surface area contributed by atoms with Gasteiger partial charge in [0.2, 0.25) is 0 Å².